The Balaban J connectivity index is 1.82. The Hall–Kier alpha value is -1.51. The third kappa shape index (κ3) is 4.26. The minimum absolute atomic E-state index is 0.0142. The molecule has 0 amide bonds. The molecule has 106 valence electrons. The summed E-state index contributed by atoms with van der Waals surface area (Å²) in [5.41, 5.74) is 8.17. The van der Waals surface area contributed by atoms with Crippen molar-refractivity contribution in [3.8, 4) is 5.75 Å². The van der Waals surface area contributed by atoms with Crippen molar-refractivity contribution in [2.24, 2.45) is 5.73 Å². The first-order valence-corrected chi connectivity index (χ1v) is 7.26. The second-order valence-electron chi connectivity index (χ2n) is 4.92. The van der Waals surface area contributed by atoms with Crippen LogP contribution in [0, 0.1) is 0 Å². The third-order valence-corrected chi connectivity index (χ3v) is 3.49. The summed E-state index contributed by atoms with van der Waals surface area (Å²) in [6.07, 6.45) is 1.98. The number of rotatable bonds is 6. The molecule has 0 unspecified atom stereocenters. The van der Waals surface area contributed by atoms with Gasteiger partial charge in [-0.3, -0.25) is 0 Å². The highest BCUT2D eigenvalue weighted by molar-refractivity contribution is 6.32. The van der Waals surface area contributed by atoms with E-state index in [1.54, 1.807) is 0 Å². The highest BCUT2D eigenvalue weighted by Crippen LogP contribution is 2.27. The minimum Gasteiger partial charge on any atom is -0.492 e. The maximum Gasteiger partial charge on any atom is 0.137 e. The third-order valence-electron chi connectivity index (χ3n) is 3.19. The zero-order valence-corrected chi connectivity index (χ0v) is 12.4. The molecule has 3 heteroatoms. The van der Waals surface area contributed by atoms with E-state index in [-0.39, 0.29) is 6.04 Å². The highest BCUT2D eigenvalue weighted by Gasteiger charge is 2.05. The van der Waals surface area contributed by atoms with Gasteiger partial charge in [-0.1, -0.05) is 48.0 Å². The van der Waals surface area contributed by atoms with E-state index in [0.29, 0.717) is 11.6 Å². The van der Waals surface area contributed by atoms with Gasteiger partial charge in [0.1, 0.15) is 5.75 Å². The lowest BCUT2D eigenvalue weighted by atomic mass is 10.1. The van der Waals surface area contributed by atoms with Gasteiger partial charge in [-0.2, -0.15) is 0 Å². The van der Waals surface area contributed by atoms with Gasteiger partial charge in [-0.05, 0) is 43.0 Å². The van der Waals surface area contributed by atoms with Crippen LogP contribution in [-0.4, -0.2) is 6.61 Å². The Labute approximate surface area is 125 Å². The number of ether oxygens (including phenoxy) is 1. The number of hydrogen-bond donors (Lipinski definition) is 1. The van der Waals surface area contributed by atoms with E-state index >= 15 is 0 Å². The molecule has 0 spiro atoms. The minimum atomic E-state index is -0.0142. The summed E-state index contributed by atoms with van der Waals surface area (Å²) in [6, 6.07) is 16.1. The Bertz CT molecular complexity index is 540. The number of nitrogens with two attached hydrogens (primary N) is 1. The molecule has 0 radical (unpaired) electrons. The average molecular weight is 290 g/mol. The van der Waals surface area contributed by atoms with Crippen LogP contribution in [0.5, 0.6) is 5.75 Å². The summed E-state index contributed by atoms with van der Waals surface area (Å²) in [6.45, 7) is 2.60. The zero-order chi connectivity index (χ0) is 14.4. The molecule has 0 aliphatic heterocycles. The Kier molecular flexibility index (Phi) is 5.45. The number of aryl methyl sites for hydroxylation is 1. The maximum atomic E-state index is 6.19. The Morgan fingerprint density at radius 1 is 1.15 bits per heavy atom. The standard InChI is InChI=1S/C17H20ClNO/c1-13(19)15-9-10-17(16(18)12-15)20-11-5-8-14-6-3-2-4-7-14/h2-4,6-7,9-10,12-13H,5,8,11,19H2,1H3/t13-/m1/s1. The first-order valence-electron chi connectivity index (χ1n) is 6.88. The lowest BCUT2D eigenvalue weighted by Crippen LogP contribution is -2.05. The quantitative estimate of drug-likeness (QED) is 0.801. The second-order valence-corrected chi connectivity index (χ2v) is 5.32. The van der Waals surface area contributed by atoms with Crippen LogP contribution < -0.4 is 10.5 Å². The summed E-state index contributed by atoms with van der Waals surface area (Å²) in [5, 5.41) is 0.625. The van der Waals surface area contributed by atoms with Crippen molar-refractivity contribution in [2.75, 3.05) is 6.61 Å². The fraction of sp³-hybridized carbons (Fsp3) is 0.294. The molecule has 2 rings (SSSR count). The van der Waals surface area contributed by atoms with Crippen molar-refractivity contribution in [2.45, 2.75) is 25.8 Å². The lowest BCUT2D eigenvalue weighted by molar-refractivity contribution is 0.311. The molecule has 0 aliphatic carbocycles. The van der Waals surface area contributed by atoms with Gasteiger partial charge in [0.05, 0.1) is 11.6 Å². The molecule has 0 aromatic heterocycles. The lowest BCUT2D eigenvalue weighted by Gasteiger charge is -2.11. The van der Waals surface area contributed by atoms with Crippen LogP contribution in [0.2, 0.25) is 5.02 Å². The normalized spacial score (nSPS) is 12.2. The van der Waals surface area contributed by atoms with Crippen LogP contribution in [0.3, 0.4) is 0 Å². The molecule has 0 fully saturated rings. The first-order chi connectivity index (χ1) is 9.66. The maximum absolute atomic E-state index is 6.19. The molecule has 0 saturated heterocycles. The van der Waals surface area contributed by atoms with E-state index in [2.05, 4.69) is 24.3 Å². The van der Waals surface area contributed by atoms with Crippen LogP contribution in [0.1, 0.15) is 30.5 Å². The van der Waals surface area contributed by atoms with Gasteiger partial charge >= 0.3 is 0 Å². The van der Waals surface area contributed by atoms with Crippen LogP contribution in [-0.2, 0) is 6.42 Å². The fourth-order valence-corrected chi connectivity index (χ4v) is 2.26. The van der Waals surface area contributed by atoms with E-state index in [9.17, 15) is 0 Å². The average Bonchev–Trinajstić information content (AvgIpc) is 2.46. The summed E-state index contributed by atoms with van der Waals surface area (Å²) < 4.78 is 5.72. The Morgan fingerprint density at radius 2 is 1.90 bits per heavy atom. The second kappa shape index (κ2) is 7.32. The van der Waals surface area contributed by atoms with Crippen LogP contribution >= 0.6 is 11.6 Å². The van der Waals surface area contributed by atoms with E-state index in [1.165, 1.54) is 5.56 Å². The number of hydrogen-bond acceptors (Lipinski definition) is 2. The van der Waals surface area contributed by atoms with Crippen LogP contribution in [0.4, 0.5) is 0 Å². The molecule has 0 aliphatic rings. The highest BCUT2D eigenvalue weighted by atomic mass is 35.5. The molecular formula is C17H20ClNO. The van der Waals surface area contributed by atoms with Crippen molar-refractivity contribution < 1.29 is 4.74 Å². The summed E-state index contributed by atoms with van der Waals surface area (Å²) in [5.74, 6) is 0.726. The fourth-order valence-electron chi connectivity index (χ4n) is 2.02. The first kappa shape index (κ1) is 14.9. The summed E-state index contributed by atoms with van der Waals surface area (Å²) in [4.78, 5) is 0. The molecule has 0 bridgehead atoms. The van der Waals surface area contributed by atoms with E-state index in [1.807, 2.05) is 31.2 Å². The summed E-state index contributed by atoms with van der Waals surface area (Å²) >= 11 is 6.19. The van der Waals surface area contributed by atoms with Gasteiger partial charge in [0.2, 0.25) is 0 Å². The van der Waals surface area contributed by atoms with Gasteiger partial charge in [0.25, 0.3) is 0 Å². The van der Waals surface area contributed by atoms with Gasteiger partial charge in [0, 0.05) is 6.04 Å². The van der Waals surface area contributed by atoms with E-state index in [0.717, 1.165) is 24.2 Å². The molecule has 20 heavy (non-hydrogen) atoms. The largest absolute Gasteiger partial charge is 0.492 e. The topological polar surface area (TPSA) is 35.2 Å². The van der Waals surface area contributed by atoms with Crippen molar-refractivity contribution in [1.29, 1.82) is 0 Å². The molecule has 0 heterocycles. The predicted octanol–water partition coefficient (Wildman–Crippen LogP) is 4.37. The smallest absolute Gasteiger partial charge is 0.137 e. The molecule has 2 aromatic carbocycles. The van der Waals surface area contributed by atoms with Crippen LogP contribution in [0.15, 0.2) is 48.5 Å². The van der Waals surface area contributed by atoms with Crippen molar-refractivity contribution >= 4 is 11.6 Å². The Morgan fingerprint density at radius 3 is 2.55 bits per heavy atom. The van der Waals surface area contributed by atoms with Crippen molar-refractivity contribution in [3.05, 3.63) is 64.7 Å². The van der Waals surface area contributed by atoms with E-state index in [4.69, 9.17) is 22.1 Å². The van der Waals surface area contributed by atoms with Gasteiger partial charge in [0.15, 0.2) is 0 Å². The van der Waals surface area contributed by atoms with E-state index < -0.39 is 0 Å². The summed E-state index contributed by atoms with van der Waals surface area (Å²) in [7, 11) is 0. The van der Waals surface area contributed by atoms with Gasteiger partial charge in [-0.25, -0.2) is 0 Å². The molecule has 1 atom stereocenters. The SMILES string of the molecule is C[C@@H](N)c1ccc(OCCCc2ccccc2)c(Cl)c1. The zero-order valence-electron chi connectivity index (χ0n) is 11.7. The monoisotopic (exact) mass is 289 g/mol. The van der Waals surface area contributed by atoms with Gasteiger partial charge in [-0.15, -0.1) is 0 Å². The molecule has 2 nitrogen and oxygen atoms in total. The number of halogens is 1. The molecular weight excluding hydrogens is 270 g/mol. The number of benzene rings is 2. The molecule has 2 N–H and O–H groups in total. The van der Waals surface area contributed by atoms with Gasteiger partial charge < -0.3 is 10.5 Å². The predicted molar refractivity (Wildman–Crippen MR) is 84.3 cm³/mol. The molecule has 2 aromatic rings. The molecule has 0 saturated carbocycles. The van der Waals surface area contributed by atoms with Crippen molar-refractivity contribution in [3.63, 3.8) is 0 Å². The van der Waals surface area contributed by atoms with Crippen molar-refractivity contribution in [1.82, 2.24) is 0 Å². The van der Waals surface area contributed by atoms with Crippen LogP contribution in [0.25, 0.3) is 0 Å².